The van der Waals surface area contributed by atoms with E-state index in [1.54, 1.807) is 12.1 Å². The second kappa shape index (κ2) is 5.84. The van der Waals surface area contributed by atoms with Crippen LogP contribution in [0.25, 0.3) is 0 Å². The third kappa shape index (κ3) is 4.20. The largest absolute Gasteiger partial charge is 0.459 e. The fourth-order valence-electron chi connectivity index (χ4n) is 1.42. The summed E-state index contributed by atoms with van der Waals surface area (Å²) in [4.78, 5) is 11.4. The SMILES string of the molecule is O=C(NCC(O)COCC1CC1)c1ccco1. The van der Waals surface area contributed by atoms with E-state index >= 15 is 0 Å². The highest BCUT2D eigenvalue weighted by Gasteiger charge is 2.21. The summed E-state index contributed by atoms with van der Waals surface area (Å²) in [6, 6.07) is 3.22. The predicted molar refractivity (Wildman–Crippen MR) is 60.6 cm³/mol. The van der Waals surface area contributed by atoms with Crippen LogP contribution in [0.15, 0.2) is 22.8 Å². The van der Waals surface area contributed by atoms with Gasteiger partial charge in [-0.05, 0) is 30.9 Å². The van der Waals surface area contributed by atoms with Crippen molar-refractivity contribution in [3.63, 3.8) is 0 Å². The van der Waals surface area contributed by atoms with Gasteiger partial charge in [-0.2, -0.15) is 0 Å². The standard InChI is InChI=1S/C12H17NO4/c14-10(8-16-7-9-3-4-9)6-13-12(15)11-2-1-5-17-11/h1-2,5,9-10,14H,3-4,6-8H2,(H,13,15). The molecule has 2 rings (SSSR count). The van der Waals surface area contributed by atoms with E-state index in [9.17, 15) is 9.90 Å². The number of hydrogen-bond acceptors (Lipinski definition) is 4. The Balaban J connectivity index is 1.58. The third-order valence-electron chi connectivity index (χ3n) is 2.60. The quantitative estimate of drug-likeness (QED) is 0.738. The molecule has 17 heavy (non-hydrogen) atoms. The van der Waals surface area contributed by atoms with E-state index in [1.165, 1.54) is 19.1 Å². The first-order valence-electron chi connectivity index (χ1n) is 5.83. The van der Waals surface area contributed by atoms with E-state index < -0.39 is 6.10 Å². The van der Waals surface area contributed by atoms with Crippen LogP contribution in [0.4, 0.5) is 0 Å². The maximum absolute atomic E-state index is 11.4. The monoisotopic (exact) mass is 239 g/mol. The zero-order valence-electron chi connectivity index (χ0n) is 9.59. The maximum Gasteiger partial charge on any atom is 0.287 e. The van der Waals surface area contributed by atoms with Crippen LogP contribution in [0, 0.1) is 5.92 Å². The smallest absolute Gasteiger partial charge is 0.287 e. The molecule has 1 aliphatic rings. The molecule has 1 saturated carbocycles. The highest BCUT2D eigenvalue weighted by Crippen LogP contribution is 2.28. The number of amides is 1. The Labute approximate surface area is 99.8 Å². The van der Waals surface area contributed by atoms with Gasteiger partial charge in [0.1, 0.15) is 0 Å². The highest BCUT2D eigenvalue weighted by atomic mass is 16.5. The molecule has 1 heterocycles. The van der Waals surface area contributed by atoms with Crippen molar-refractivity contribution in [3.05, 3.63) is 24.2 Å². The first-order valence-corrected chi connectivity index (χ1v) is 5.83. The van der Waals surface area contributed by atoms with Crippen LogP contribution in [0.2, 0.25) is 0 Å². The third-order valence-corrected chi connectivity index (χ3v) is 2.60. The molecule has 0 saturated heterocycles. The predicted octanol–water partition coefficient (Wildman–Crippen LogP) is 0.797. The number of nitrogens with one attached hydrogen (secondary N) is 1. The summed E-state index contributed by atoms with van der Waals surface area (Å²) in [7, 11) is 0. The number of carbonyl (C=O) groups is 1. The van der Waals surface area contributed by atoms with E-state index in [1.807, 2.05) is 0 Å². The first-order chi connectivity index (χ1) is 8.25. The lowest BCUT2D eigenvalue weighted by Gasteiger charge is -2.11. The zero-order chi connectivity index (χ0) is 12.1. The van der Waals surface area contributed by atoms with Gasteiger partial charge in [-0.1, -0.05) is 0 Å². The fraction of sp³-hybridized carbons (Fsp3) is 0.583. The van der Waals surface area contributed by atoms with Gasteiger partial charge in [-0.15, -0.1) is 0 Å². The van der Waals surface area contributed by atoms with Gasteiger partial charge in [0.15, 0.2) is 5.76 Å². The molecule has 1 atom stereocenters. The van der Waals surface area contributed by atoms with Gasteiger partial charge in [0, 0.05) is 13.2 Å². The van der Waals surface area contributed by atoms with Gasteiger partial charge in [-0.25, -0.2) is 0 Å². The summed E-state index contributed by atoms with van der Waals surface area (Å²) in [6.45, 7) is 1.14. The molecule has 0 spiro atoms. The van der Waals surface area contributed by atoms with E-state index in [4.69, 9.17) is 9.15 Å². The van der Waals surface area contributed by atoms with Crippen LogP contribution in [0.1, 0.15) is 23.4 Å². The molecule has 5 nitrogen and oxygen atoms in total. The minimum absolute atomic E-state index is 0.171. The molecule has 1 aromatic heterocycles. The van der Waals surface area contributed by atoms with E-state index in [2.05, 4.69) is 5.32 Å². The van der Waals surface area contributed by atoms with Crippen LogP contribution in [-0.2, 0) is 4.74 Å². The van der Waals surface area contributed by atoms with Crippen LogP contribution >= 0.6 is 0 Å². The average molecular weight is 239 g/mol. The lowest BCUT2D eigenvalue weighted by Crippen LogP contribution is -2.34. The molecular weight excluding hydrogens is 222 g/mol. The van der Waals surface area contributed by atoms with Crippen molar-refractivity contribution in [3.8, 4) is 0 Å². The van der Waals surface area contributed by atoms with Gasteiger partial charge in [0.2, 0.25) is 0 Å². The Morgan fingerprint density at radius 1 is 1.65 bits per heavy atom. The molecule has 0 bridgehead atoms. The molecule has 0 aliphatic heterocycles. The van der Waals surface area contributed by atoms with Crippen molar-refractivity contribution in [1.29, 1.82) is 0 Å². The van der Waals surface area contributed by atoms with Crippen molar-refractivity contribution in [2.75, 3.05) is 19.8 Å². The van der Waals surface area contributed by atoms with Gasteiger partial charge in [0.25, 0.3) is 5.91 Å². The number of ether oxygens (including phenoxy) is 1. The Morgan fingerprint density at radius 2 is 2.47 bits per heavy atom. The summed E-state index contributed by atoms with van der Waals surface area (Å²) in [5.41, 5.74) is 0. The lowest BCUT2D eigenvalue weighted by molar-refractivity contribution is 0.0318. The molecule has 0 radical (unpaired) electrons. The van der Waals surface area contributed by atoms with Crippen LogP contribution in [0.3, 0.4) is 0 Å². The van der Waals surface area contributed by atoms with Crippen LogP contribution in [0.5, 0.6) is 0 Å². The number of rotatable bonds is 7. The van der Waals surface area contributed by atoms with E-state index in [0.717, 1.165) is 0 Å². The number of aliphatic hydroxyl groups excluding tert-OH is 1. The zero-order valence-corrected chi connectivity index (χ0v) is 9.59. The number of furan rings is 1. The number of aliphatic hydroxyl groups is 1. The highest BCUT2D eigenvalue weighted by molar-refractivity contribution is 5.91. The minimum Gasteiger partial charge on any atom is -0.459 e. The Bertz CT molecular complexity index is 345. The molecule has 1 unspecified atom stereocenters. The molecule has 2 N–H and O–H groups in total. The Morgan fingerprint density at radius 3 is 3.12 bits per heavy atom. The molecule has 1 amide bonds. The Hall–Kier alpha value is -1.33. The summed E-state index contributed by atoms with van der Waals surface area (Å²) < 4.78 is 10.2. The Kier molecular flexibility index (Phi) is 4.17. The first kappa shape index (κ1) is 12.1. The lowest BCUT2D eigenvalue weighted by atomic mass is 10.3. The van der Waals surface area contributed by atoms with Gasteiger partial charge in [-0.3, -0.25) is 4.79 Å². The summed E-state index contributed by atoms with van der Waals surface area (Å²) in [5.74, 6) is 0.604. The topological polar surface area (TPSA) is 71.7 Å². The molecule has 1 fully saturated rings. The van der Waals surface area contributed by atoms with Crippen LogP contribution in [-0.4, -0.2) is 36.9 Å². The summed E-state index contributed by atoms with van der Waals surface area (Å²) in [6.07, 6.45) is 3.22. The van der Waals surface area contributed by atoms with Crippen molar-refractivity contribution in [1.82, 2.24) is 5.32 Å². The van der Waals surface area contributed by atoms with Crippen molar-refractivity contribution in [2.24, 2.45) is 5.92 Å². The van der Waals surface area contributed by atoms with Gasteiger partial charge >= 0.3 is 0 Å². The van der Waals surface area contributed by atoms with Gasteiger partial charge < -0.3 is 19.6 Å². The number of carbonyl (C=O) groups excluding carboxylic acids is 1. The van der Waals surface area contributed by atoms with Crippen LogP contribution < -0.4 is 5.32 Å². The van der Waals surface area contributed by atoms with Crippen molar-refractivity contribution in [2.45, 2.75) is 18.9 Å². The van der Waals surface area contributed by atoms with E-state index in [-0.39, 0.29) is 24.8 Å². The minimum atomic E-state index is -0.673. The van der Waals surface area contributed by atoms with Crippen molar-refractivity contribution < 1.29 is 19.1 Å². The maximum atomic E-state index is 11.4. The normalized spacial score (nSPS) is 16.8. The molecular formula is C12H17NO4. The second-order valence-electron chi connectivity index (χ2n) is 4.32. The molecule has 94 valence electrons. The fourth-order valence-corrected chi connectivity index (χ4v) is 1.42. The average Bonchev–Trinajstić information content (AvgIpc) is 2.97. The molecule has 1 aromatic rings. The van der Waals surface area contributed by atoms with Gasteiger partial charge in [0.05, 0.1) is 19.0 Å². The summed E-state index contributed by atoms with van der Waals surface area (Å²) in [5, 5.41) is 12.1. The number of hydrogen-bond donors (Lipinski definition) is 2. The van der Waals surface area contributed by atoms with Crippen molar-refractivity contribution >= 4 is 5.91 Å². The molecule has 5 heteroatoms. The molecule has 1 aliphatic carbocycles. The van der Waals surface area contributed by atoms with E-state index in [0.29, 0.717) is 12.5 Å². The second-order valence-corrected chi connectivity index (χ2v) is 4.32. The summed E-state index contributed by atoms with van der Waals surface area (Å²) >= 11 is 0. The molecule has 0 aromatic carbocycles.